The van der Waals surface area contributed by atoms with E-state index in [0.717, 1.165) is 39.1 Å². The lowest BCUT2D eigenvalue weighted by atomic mass is 9.46. The van der Waals surface area contributed by atoms with Crippen LogP contribution in [0.1, 0.15) is 46.5 Å². The summed E-state index contributed by atoms with van der Waals surface area (Å²) < 4.78 is 5.93. The van der Waals surface area contributed by atoms with Gasteiger partial charge < -0.3 is 15.4 Å². The second-order valence-electron chi connectivity index (χ2n) is 8.24. The maximum absolute atomic E-state index is 13.2. The van der Waals surface area contributed by atoms with Crippen LogP contribution in [0.2, 0.25) is 0 Å². The first-order valence-corrected chi connectivity index (χ1v) is 9.24. The third kappa shape index (κ3) is 2.43. The van der Waals surface area contributed by atoms with Crippen molar-refractivity contribution < 1.29 is 9.53 Å². The van der Waals surface area contributed by atoms with Crippen LogP contribution < -0.4 is 5.73 Å². The first kappa shape index (κ1) is 17.2. The number of carbonyl (C=O) groups excluding carboxylic acids is 1. The van der Waals surface area contributed by atoms with E-state index in [-0.39, 0.29) is 23.3 Å². The average Bonchev–Trinajstić information content (AvgIpc) is 3.00. The summed E-state index contributed by atoms with van der Waals surface area (Å²) >= 11 is 0. The van der Waals surface area contributed by atoms with Gasteiger partial charge in [-0.1, -0.05) is 20.8 Å². The molecule has 4 atom stereocenters. The fourth-order valence-electron chi connectivity index (χ4n) is 5.24. The lowest BCUT2D eigenvalue weighted by Gasteiger charge is -2.65. The maximum Gasteiger partial charge on any atom is 0.243 e. The third-order valence-corrected chi connectivity index (χ3v) is 6.78. The number of nitrogens with zero attached hydrogens (tertiary/aromatic N) is 2. The Morgan fingerprint density at radius 2 is 2.09 bits per heavy atom. The van der Waals surface area contributed by atoms with E-state index in [0.29, 0.717) is 6.04 Å². The van der Waals surface area contributed by atoms with Crippen LogP contribution in [0.15, 0.2) is 0 Å². The highest BCUT2D eigenvalue weighted by Crippen LogP contribution is 2.57. The van der Waals surface area contributed by atoms with E-state index in [9.17, 15) is 4.79 Å². The lowest BCUT2D eigenvalue weighted by Crippen LogP contribution is -2.82. The number of likely N-dealkylation sites (tertiary alicyclic amines) is 1. The maximum atomic E-state index is 13.2. The van der Waals surface area contributed by atoms with Crippen LogP contribution in [0.3, 0.4) is 0 Å². The zero-order chi connectivity index (χ0) is 16.8. The number of nitrogens with two attached hydrogens (primary N) is 1. The van der Waals surface area contributed by atoms with Crippen molar-refractivity contribution in [1.29, 1.82) is 0 Å². The van der Waals surface area contributed by atoms with Crippen molar-refractivity contribution in [2.24, 2.45) is 17.1 Å². The molecule has 0 aromatic carbocycles. The highest BCUT2D eigenvalue weighted by atomic mass is 16.5. The number of amides is 1. The summed E-state index contributed by atoms with van der Waals surface area (Å²) in [6, 6.07) is 0.485. The zero-order valence-electron chi connectivity index (χ0n) is 15.2. The van der Waals surface area contributed by atoms with Gasteiger partial charge in [0, 0.05) is 37.6 Å². The predicted molar refractivity (Wildman–Crippen MR) is 91.1 cm³/mol. The van der Waals surface area contributed by atoms with Gasteiger partial charge in [-0.2, -0.15) is 0 Å². The van der Waals surface area contributed by atoms with Gasteiger partial charge in [-0.15, -0.1) is 0 Å². The molecule has 4 unspecified atom stereocenters. The summed E-state index contributed by atoms with van der Waals surface area (Å²) in [7, 11) is 1.93. The van der Waals surface area contributed by atoms with E-state index in [2.05, 4.69) is 25.7 Å². The van der Waals surface area contributed by atoms with Gasteiger partial charge in [-0.05, 0) is 38.8 Å². The molecule has 3 fully saturated rings. The zero-order valence-corrected chi connectivity index (χ0v) is 15.2. The fraction of sp³-hybridized carbons (Fsp3) is 0.944. The Kier molecular flexibility index (Phi) is 4.49. The summed E-state index contributed by atoms with van der Waals surface area (Å²) in [4.78, 5) is 17.6. The standard InChI is InChI=1S/C18H33N3O2/c1-5-21-10-6-8-13(21)12-20(4)16(22)18(19)14-9-7-11-23-15(14)17(18,2)3/h13-15H,5-12,19H2,1-4H3. The van der Waals surface area contributed by atoms with Crippen molar-refractivity contribution in [2.75, 3.05) is 33.3 Å². The monoisotopic (exact) mass is 323 g/mol. The SMILES string of the molecule is CCN1CCCC1CN(C)C(=O)C1(N)C2CCCOC2C1(C)C. The van der Waals surface area contributed by atoms with E-state index in [4.69, 9.17) is 10.5 Å². The molecule has 2 saturated heterocycles. The topological polar surface area (TPSA) is 58.8 Å². The van der Waals surface area contributed by atoms with Crippen LogP contribution in [-0.4, -0.2) is 66.7 Å². The molecule has 0 aromatic rings. The van der Waals surface area contributed by atoms with Gasteiger partial charge in [0.05, 0.1) is 6.10 Å². The highest BCUT2D eigenvalue weighted by Gasteiger charge is 2.70. The minimum Gasteiger partial charge on any atom is -0.377 e. The molecular formula is C18H33N3O2. The smallest absolute Gasteiger partial charge is 0.243 e. The van der Waals surface area contributed by atoms with Gasteiger partial charge in [0.1, 0.15) is 5.54 Å². The van der Waals surface area contributed by atoms with Crippen LogP contribution in [0.25, 0.3) is 0 Å². The van der Waals surface area contributed by atoms with Crippen molar-refractivity contribution >= 4 is 5.91 Å². The van der Waals surface area contributed by atoms with Crippen molar-refractivity contribution in [3.05, 3.63) is 0 Å². The molecule has 2 N–H and O–H groups in total. The van der Waals surface area contributed by atoms with Crippen molar-refractivity contribution in [1.82, 2.24) is 9.80 Å². The van der Waals surface area contributed by atoms with Crippen LogP contribution >= 0.6 is 0 Å². The Hall–Kier alpha value is -0.650. The van der Waals surface area contributed by atoms with E-state index in [1.54, 1.807) is 0 Å². The Bertz CT molecular complexity index is 467. The van der Waals surface area contributed by atoms with Gasteiger partial charge in [-0.25, -0.2) is 0 Å². The van der Waals surface area contributed by atoms with E-state index < -0.39 is 5.54 Å². The largest absolute Gasteiger partial charge is 0.377 e. The number of rotatable bonds is 4. The van der Waals surface area contributed by atoms with Crippen LogP contribution in [0.5, 0.6) is 0 Å². The highest BCUT2D eigenvalue weighted by molar-refractivity contribution is 5.89. The first-order valence-electron chi connectivity index (χ1n) is 9.24. The molecule has 0 spiro atoms. The Labute approximate surface area is 140 Å². The number of likely N-dealkylation sites (N-methyl/N-ethyl adjacent to an activating group) is 2. The molecule has 0 radical (unpaired) electrons. The number of carbonyl (C=O) groups is 1. The molecule has 0 aromatic heterocycles. The fourth-order valence-corrected chi connectivity index (χ4v) is 5.24. The second kappa shape index (κ2) is 6.01. The third-order valence-electron chi connectivity index (χ3n) is 6.78. The summed E-state index contributed by atoms with van der Waals surface area (Å²) in [5.41, 5.74) is 5.67. The van der Waals surface area contributed by atoms with Gasteiger partial charge in [0.25, 0.3) is 0 Å². The molecule has 23 heavy (non-hydrogen) atoms. The van der Waals surface area contributed by atoms with Crippen molar-refractivity contribution in [3.8, 4) is 0 Å². The number of ether oxygens (including phenoxy) is 1. The van der Waals surface area contributed by atoms with Crippen LogP contribution in [-0.2, 0) is 9.53 Å². The lowest BCUT2D eigenvalue weighted by molar-refractivity contribution is -0.229. The molecule has 5 heteroatoms. The quantitative estimate of drug-likeness (QED) is 0.851. The first-order chi connectivity index (χ1) is 10.8. The summed E-state index contributed by atoms with van der Waals surface area (Å²) in [6.07, 6.45) is 4.57. The molecule has 1 saturated carbocycles. The molecule has 2 aliphatic heterocycles. The number of hydrogen-bond acceptors (Lipinski definition) is 4. The average molecular weight is 323 g/mol. The van der Waals surface area contributed by atoms with Crippen LogP contribution in [0.4, 0.5) is 0 Å². The Balaban J connectivity index is 1.71. The molecule has 0 bridgehead atoms. The Morgan fingerprint density at radius 1 is 1.35 bits per heavy atom. The molecular weight excluding hydrogens is 290 g/mol. The molecule has 1 aliphatic carbocycles. The van der Waals surface area contributed by atoms with Gasteiger partial charge in [0.15, 0.2) is 0 Å². The molecule has 3 aliphatic rings. The molecule has 1 amide bonds. The minimum atomic E-state index is -0.775. The minimum absolute atomic E-state index is 0.109. The molecule has 132 valence electrons. The number of hydrogen-bond donors (Lipinski definition) is 1. The summed E-state index contributed by atoms with van der Waals surface area (Å²) in [5, 5.41) is 0. The van der Waals surface area contributed by atoms with Gasteiger partial charge in [0.2, 0.25) is 5.91 Å². The summed E-state index contributed by atoms with van der Waals surface area (Å²) in [6.45, 7) is 10.2. The van der Waals surface area contributed by atoms with Gasteiger partial charge in [-0.3, -0.25) is 9.69 Å². The van der Waals surface area contributed by atoms with Crippen molar-refractivity contribution in [3.63, 3.8) is 0 Å². The second-order valence-corrected chi connectivity index (χ2v) is 8.24. The summed E-state index contributed by atoms with van der Waals surface area (Å²) in [5.74, 6) is 0.282. The molecule has 5 nitrogen and oxygen atoms in total. The number of fused-ring (bicyclic) bond motifs is 1. The van der Waals surface area contributed by atoms with E-state index in [1.807, 2.05) is 11.9 Å². The molecule has 3 rings (SSSR count). The molecule has 2 heterocycles. The van der Waals surface area contributed by atoms with Gasteiger partial charge >= 0.3 is 0 Å². The van der Waals surface area contributed by atoms with Crippen LogP contribution in [0, 0.1) is 11.3 Å². The normalized spacial score (nSPS) is 39.6. The predicted octanol–water partition coefficient (Wildman–Crippen LogP) is 1.46. The van der Waals surface area contributed by atoms with E-state index >= 15 is 0 Å². The van der Waals surface area contributed by atoms with E-state index in [1.165, 1.54) is 12.8 Å². The van der Waals surface area contributed by atoms with Crippen molar-refractivity contribution in [2.45, 2.75) is 64.1 Å². The Morgan fingerprint density at radius 3 is 2.78 bits per heavy atom.